The molecule has 27 heavy (non-hydrogen) atoms. The van der Waals surface area contributed by atoms with E-state index in [9.17, 15) is 14.7 Å². The number of anilines is 2. The van der Waals surface area contributed by atoms with Gasteiger partial charge in [0.15, 0.2) is 0 Å². The molecule has 0 aromatic heterocycles. The summed E-state index contributed by atoms with van der Waals surface area (Å²) >= 11 is 0. The number of amides is 2. The van der Waals surface area contributed by atoms with Gasteiger partial charge in [0.05, 0.1) is 13.2 Å². The summed E-state index contributed by atoms with van der Waals surface area (Å²) in [4.78, 5) is 26.6. The van der Waals surface area contributed by atoms with Gasteiger partial charge in [0, 0.05) is 31.1 Å². The maximum Gasteiger partial charge on any atom is 0.408 e. The fraction of sp³-hybridized carbons (Fsp3) is 0.579. The fourth-order valence-electron chi connectivity index (χ4n) is 2.65. The van der Waals surface area contributed by atoms with E-state index in [0.717, 1.165) is 18.8 Å². The third-order valence-corrected chi connectivity index (χ3v) is 3.94. The number of hydrogen-bond acceptors (Lipinski definition) is 6. The molecular formula is C19H29N3O5. The van der Waals surface area contributed by atoms with Gasteiger partial charge < -0.3 is 30.1 Å². The lowest BCUT2D eigenvalue weighted by Gasteiger charge is -2.29. The molecule has 8 heteroatoms. The molecule has 1 aliphatic rings. The molecule has 1 aromatic rings. The molecule has 1 atom stereocenters. The quantitative estimate of drug-likeness (QED) is 0.696. The van der Waals surface area contributed by atoms with Crippen molar-refractivity contribution >= 4 is 23.4 Å². The van der Waals surface area contributed by atoms with E-state index in [4.69, 9.17) is 9.47 Å². The second-order valence-corrected chi connectivity index (χ2v) is 7.35. The van der Waals surface area contributed by atoms with Crippen LogP contribution in [-0.2, 0) is 14.3 Å². The fourth-order valence-corrected chi connectivity index (χ4v) is 2.65. The van der Waals surface area contributed by atoms with Crippen molar-refractivity contribution in [3.8, 4) is 0 Å². The van der Waals surface area contributed by atoms with Gasteiger partial charge in [-0.25, -0.2) is 4.79 Å². The van der Waals surface area contributed by atoms with Crippen LogP contribution in [0.1, 0.15) is 27.2 Å². The lowest BCUT2D eigenvalue weighted by Crippen LogP contribution is -2.46. The topological polar surface area (TPSA) is 100 Å². The highest BCUT2D eigenvalue weighted by Gasteiger charge is 2.24. The molecule has 1 fully saturated rings. The Morgan fingerprint density at radius 3 is 2.41 bits per heavy atom. The van der Waals surface area contributed by atoms with Crippen molar-refractivity contribution < 1.29 is 24.2 Å². The maximum absolute atomic E-state index is 12.5. The van der Waals surface area contributed by atoms with Gasteiger partial charge >= 0.3 is 6.09 Å². The molecular weight excluding hydrogens is 350 g/mol. The van der Waals surface area contributed by atoms with Gasteiger partial charge in [-0.15, -0.1) is 0 Å². The van der Waals surface area contributed by atoms with E-state index < -0.39 is 23.6 Å². The smallest absolute Gasteiger partial charge is 0.408 e. The number of aliphatic hydroxyl groups is 1. The Morgan fingerprint density at radius 2 is 1.85 bits per heavy atom. The minimum atomic E-state index is -0.885. The number of nitrogens with zero attached hydrogens (tertiary/aromatic N) is 1. The van der Waals surface area contributed by atoms with E-state index in [1.807, 2.05) is 24.3 Å². The predicted molar refractivity (Wildman–Crippen MR) is 103 cm³/mol. The van der Waals surface area contributed by atoms with Crippen LogP contribution in [0.15, 0.2) is 24.3 Å². The largest absolute Gasteiger partial charge is 0.444 e. The van der Waals surface area contributed by atoms with Crippen molar-refractivity contribution in [1.29, 1.82) is 0 Å². The van der Waals surface area contributed by atoms with Crippen LogP contribution in [-0.4, -0.2) is 61.7 Å². The number of alkyl carbamates (subject to hydrolysis) is 1. The number of ether oxygens (including phenoxy) is 2. The number of carbonyl (C=O) groups excluding carboxylic acids is 2. The van der Waals surface area contributed by atoms with Crippen LogP contribution in [0.5, 0.6) is 0 Å². The first-order chi connectivity index (χ1) is 12.8. The zero-order valence-electron chi connectivity index (χ0n) is 16.2. The molecule has 0 unspecified atom stereocenters. The van der Waals surface area contributed by atoms with E-state index in [1.54, 1.807) is 20.8 Å². The Labute approximate surface area is 159 Å². The average Bonchev–Trinajstić information content (AvgIpc) is 2.61. The van der Waals surface area contributed by atoms with Crippen molar-refractivity contribution in [1.82, 2.24) is 5.32 Å². The molecule has 0 saturated carbocycles. The molecule has 3 N–H and O–H groups in total. The van der Waals surface area contributed by atoms with Gasteiger partial charge in [-0.3, -0.25) is 4.79 Å². The summed E-state index contributed by atoms with van der Waals surface area (Å²) in [5, 5.41) is 14.5. The summed E-state index contributed by atoms with van der Waals surface area (Å²) in [5.41, 5.74) is 1.01. The monoisotopic (exact) mass is 379 g/mol. The molecule has 0 bridgehead atoms. The molecule has 1 aliphatic heterocycles. The highest BCUT2D eigenvalue weighted by molar-refractivity contribution is 5.96. The van der Waals surface area contributed by atoms with Crippen LogP contribution in [0, 0.1) is 0 Å². The third-order valence-electron chi connectivity index (χ3n) is 3.94. The van der Waals surface area contributed by atoms with Crippen molar-refractivity contribution in [2.24, 2.45) is 0 Å². The Kier molecular flexibility index (Phi) is 7.44. The summed E-state index contributed by atoms with van der Waals surface area (Å²) in [6, 6.07) is 6.61. The van der Waals surface area contributed by atoms with E-state index in [0.29, 0.717) is 18.9 Å². The van der Waals surface area contributed by atoms with Gasteiger partial charge in [-0.05, 0) is 51.5 Å². The molecule has 0 aliphatic carbocycles. The molecule has 2 rings (SSSR count). The van der Waals surface area contributed by atoms with Crippen LogP contribution < -0.4 is 15.5 Å². The normalized spacial score (nSPS) is 15.8. The first-order valence-electron chi connectivity index (χ1n) is 9.12. The average molecular weight is 379 g/mol. The highest BCUT2D eigenvalue weighted by atomic mass is 16.6. The zero-order valence-corrected chi connectivity index (χ0v) is 16.2. The van der Waals surface area contributed by atoms with Crippen LogP contribution in [0.3, 0.4) is 0 Å². The maximum atomic E-state index is 12.5. The Hall–Kier alpha value is -2.32. The van der Waals surface area contributed by atoms with Crippen molar-refractivity contribution in [3.05, 3.63) is 24.3 Å². The van der Waals surface area contributed by atoms with E-state index in [-0.39, 0.29) is 13.0 Å². The Balaban J connectivity index is 1.94. The molecule has 8 nitrogen and oxygen atoms in total. The van der Waals surface area contributed by atoms with E-state index >= 15 is 0 Å². The van der Waals surface area contributed by atoms with Gasteiger partial charge in [0.25, 0.3) is 0 Å². The SMILES string of the molecule is CC(C)(C)OC(=O)N[C@@H](CCO)C(=O)Nc1ccc(N2CCOCC2)cc1. The summed E-state index contributed by atoms with van der Waals surface area (Å²) in [5.74, 6) is -0.408. The first kappa shape index (κ1) is 21.0. The number of nitrogens with one attached hydrogen (secondary N) is 2. The number of carbonyl (C=O) groups is 2. The summed E-state index contributed by atoms with van der Waals surface area (Å²) in [6.45, 7) is 8.07. The molecule has 1 heterocycles. The zero-order chi connectivity index (χ0) is 19.9. The number of hydrogen-bond donors (Lipinski definition) is 3. The minimum Gasteiger partial charge on any atom is -0.444 e. The van der Waals surface area contributed by atoms with Crippen LogP contribution in [0.2, 0.25) is 0 Å². The molecule has 1 aromatic carbocycles. The molecule has 150 valence electrons. The van der Waals surface area contributed by atoms with Gasteiger partial charge in [0.2, 0.25) is 5.91 Å². The summed E-state index contributed by atoms with van der Waals surface area (Å²) in [7, 11) is 0. The third kappa shape index (κ3) is 7.07. The second kappa shape index (κ2) is 9.57. The van der Waals surface area contributed by atoms with Crippen molar-refractivity contribution in [2.45, 2.75) is 38.8 Å². The van der Waals surface area contributed by atoms with Crippen molar-refractivity contribution in [2.75, 3.05) is 43.1 Å². The van der Waals surface area contributed by atoms with Crippen LogP contribution >= 0.6 is 0 Å². The lowest BCUT2D eigenvalue weighted by atomic mass is 10.2. The molecule has 2 amide bonds. The molecule has 0 radical (unpaired) electrons. The number of morpholine rings is 1. The molecule has 1 saturated heterocycles. The van der Waals surface area contributed by atoms with Crippen molar-refractivity contribution in [3.63, 3.8) is 0 Å². The van der Waals surface area contributed by atoms with Gasteiger partial charge in [-0.2, -0.15) is 0 Å². The first-order valence-corrected chi connectivity index (χ1v) is 9.12. The van der Waals surface area contributed by atoms with Gasteiger partial charge in [-0.1, -0.05) is 0 Å². The van der Waals surface area contributed by atoms with E-state index in [1.165, 1.54) is 0 Å². The standard InChI is InChI=1S/C19H29N3O5/c1-19(2,3)27-18(25)21-16(8-11-23)17(24)20-14-4-6-15(7-5-14)22-9-12-26-13-10-22/h4-7,16,23H,8-13H2,1-3H3,(H,20,24)(H,21,25)/t16-/m0/s1. The summed E-state index contributed by atoms with van der Waals surface area (Å²) in [6.07, 6.45) is -0.601. The van der Waals surface area contributed by atoms with Crippen LogP contribution in [0.4, 0.5) is 16.2 Å². The Bertz CT molecular complexity index is 621. The predicted octanol–water partition coefficient (Wildman–Crippen LogP) is 1.74. The number of rotatable bonds is 6. The summed E-state index contributed by atoms with van der Waals surface area (Å²) < 4.78 is 10.5. The number of benzene rings is 1. The van der Waals surface area contributed by atoms with Gasteiger partial charge in [0.1, 0.15) is 11.6 Å². The number of aliphatic hydroxyl groups excluding tert-OH is 1. The Morgan fingerprint density at radius 1 is 1.22 bits per heavy atom. The van der Waals surface area contributed by atoms with Crippen LogP contribution in [0.25, 0.3) is 0 Å². The molecule has 0 spiro atoms. The lowest BCUT2D eigenvalue weighted by molar-refractivity contribution is -0.118. The second-order valence-electron chi connectivity index (χ2n) is 7.35. The minimum absolute atomic E-state index is 0.0942. The van der Waals surface area contributed by atoms with E-state index in [2.05, 4.69) is 15.5 Å². The highest BCUT2D eigenvalue weighted by Crippen LogP contribution is 2.19.